The van der Waals surface area contributed by atoms with Gasteiger partial charge in [0.15, 0.2) is 0 Å². The van der Waals surface area contributed by atoms with Crippen LogP contribution in [0.5, 0.6) is 0 Å². The molecular weight excluding hydrogens is 376 g/mol. The predicted molar refractivity (Wildman–Crippen MR) is 50.8 cm³/mol. The van der Waals surface area contributed by atoms with Gasteiger partial charge in [-0.15, -0.1) is 0 Å². The molecule has 0 N–H and O–H groups in total. The Kier molecular flexibility index (Phi) is 6.51. The molecular formula is C7H6F7IO2. The largest absolute Gasteiger partial charge is 0.467 e. The van der Waals surface area contributed by atoms with Gasteiger partial charge in [0.25, 0.3) is 0 Å². The van der Waals surface area contributed by atoms with E-state index in [1.165, 1.54) is 0 Å². The van der Waals surface area contributed by atoms with Crippen LogP contribution in [-0.2, 0) is 9.47 Å². The molecule has 17 heavy (non-hydrogen) atoms. The molecule has 0 unspecified atom stereocenters. The third kappa shape index (κ3) is 6.29. The monoisotopic (exact) mass is 382 g/mol. The zero-order valence-corrected chi connectivity index (χ0v) is 10.1. The van der Waals surface area contributed by atoms with Crippen molar-refractivity contribution in [3.05, 3.63) is 12.1 Å². The molecule has 0 atom stereocenters. The van der Waals surface area contributed by atoms with E-state index < -0.39 is 41.8 Å². The first-order valence-corrected chi connectivity index (χ1v) is 5.08. The molecule has 0 saturated carbocycles. The Balaban J connectivity index is 3.84. The van der Waals surface area contributed by atoms with Crippen LogP contribution in [0.4, 0.5) is 30.7 Å². The van der Waals surface area contributed by atoms with Crippen molar-refractivity contribution in [2.24, 2.45) is 0 Å². The zero-order valence-electron chi connectivity index (χ0n) is 7.96. The van der Waals surface area contributed by atoms with E-state index in [-0.39, 0.29) is 22.6 Å². The molecule has 0 saturated heterocycles. The number of halogens is 8. The molecule has 0 radical (unpaired) electrons. The average molecular weight is 382 g/mol. The summed E-state index contributed by atoms with van der Waals surface area (Å²) in [5.41, 5.74) is 0. The quantitative estimate of drug-likeness (QED) is 0.217. The van der Waals surface area contributed by atoms with E-state index in [2.05, 4.69) is 9.47 Å². The second-order valence-corrected chi connectivity index (χ2v) is 3.95. The van der Waals surface area contributed by atoms with Gasteiger partial charge in [-0.1, -0.05) is 0 Å². The van der Waals surface area contributed by atoms with Crippen molar-refractivity contribution in [1.29, 1.82) is 0 Å². The predicted octanol–water partition coefficient (Wildman–Crippen LogP) is 4.07. The van der Waals surface area contributed by atoms with Crippen LogP contribution in [-0.4, -0.2) is 23.3 Å². The first-order chi connectivity index (χ1) is 7.58. The lowest BCUT2D eigenvalue weighted by molar-refractivity contribution is -0.307. The van der Waals surface area contributed by atoms with Crippen LogP contribution >= 0.6 is 22.6 Å². The molecule has 0 aliphatic rings. The SMILES string of the molecule is FC(F)=C(F)OCCCOC(F)(F)C(F)(F)I. The van der Waals surface area contributed by atoms with Gasteiger partial charge < -0.3 is 9.47 Å². The standard InChI is InChI=1S/C7H6F7IO2/c8-4(9)5(10)16-2-1-3-17-7(13,14)6(11,12)15/h1-3H2. The van der Waals surface area contributed by atoms with Crippen molar-refractivity contribution in [2.45, 2.75) is 16.5 Å². The van der Waals surface area contributed by atoms with Crippen LogP contribution in [0.2, 0.25) is 0 Å². The van der Waals surface area contributed by atoms with Gasteiger partial charge in [-0.25, -0.2) is 0 Å². The van der Waals surface area contributed by atoms with E-state index in [4.69, 9.17) is 0 Å². The average Bonchev–Trinajstić information content (AvgIpc) is 2.14. The number of hydrogen-bond acceptors (Lipinski definition) is 2. The minimum atomic E-state index is -4.69. The highest BCUT2D eigenvalue weighted by atomic mass is 127. The fraction of sp³-hybridized carbons (Fsp3) is 0.714. The van der Waals surface area contributed by atoms with Crippen molar-refractivity contribution in [3.8, 4) is 0 Å². The Morgan fingerprint density at radius 3 is 1.94 bits per heavy atom. The Labute approximate surface area is 105 Å². The van der Waals surface area contributed by atoms with Crippen molar-refractivity contribution in [3.63, 3.8) is 0 Å². The second kappa shape index (κ2) is 6.61. The fourth-order valence-electron chi connectivity index (χ4n) is 0.557. The first kappa shape index (κ1) is 16.7. The van der Waals surface area contributed by atoms with Crippen molar-refractivity contribution >= 4 is 22.6 Å². The lowest BCUT2D eigenvalue weighted by Crippen LogP contribution is -2.38. The van der Waals surface area contributed by atoms with Gasteiger partial charge in [-0.3, -0.25) is 0 Å². The Morgan fingerprint density at radius 1 is 1.00 bits per heavy atom. The summed E-state index contributed by atoms with van der Waals surface area (Å²) in [6, 6.07) is -2.14. The first-order valence-electron chi connectivity index (χ1n) is 4.00. The van der Waals surface area contributed by atoms with E-state index >= 15 is 0 Å². The van der Waals surface area contributed by atoms with Crippen molar-refractivity contribution < 1.29 is 40.2 Å². The van der Waals surface area contributed by atoms with Crippen LogP contribution in [0, 0.1) is 0 Å². The molecule has 10 heteroatoms. The van der Waals surface area contributed by atoms with Crippen molar-refractivity contribution in [2.75, 3.05) is 13.2 Å². The summed E-state index contributed by atoms with van der Waals surface area (Å²) in [5.74, 6) is 0. The molecule has 102 valence electrons. The summed E-state index contributed by atoms with van der Waals surface area (Å²) >= 11 is 0.194. The molecule has 0 amide bonds. The van der Waals surface area contributed by atoms with Crippen LogP contribution in [0.25, 0.3) is 0 Å². The normalized spacial score (nSPS) is 12.5. The third-order valence-electron chi connectivity index (χ3n) is 1.28. The highest BCUT2D eigenvalue weighted by molar-refractivity contribution is 14.1. The molecule has 0 rings (SSSR count). The third-order valence-corrected chi connectivity index (χ3v) is 1.91. The molecule has 0 aromatic carbocycles. The summed E-state index contributed by atoms with van der Waals surface area (Å²) < 4.78 is 86.8. The summed E-state index contributed by atoms with van der Waals surface area (Å²) in [6.45, 7) is -1.60. The maximum absolute atomic E-state index is 12.4. The molecule has 0 aliphatic carbocycles. The topological polar surface area (TPSA) is 18.5 Å². The summed E-state index contributed by atoms with van der Waals surface area (Å²) in [6.07, 6.45) is -7.84. The molecule has 0 heterocycles. The number of hydrogen-bond donors (Lipinski definition) is 0. The van der Waals surface area contributed by atoms with Crippen LogP contribution in [0.1, 0.15) is 6.42 Å². The smallest absolute Gasteiger partial charge is 0.429 e. The van der Waals surface area contributed by atoms with Gasteiger partial charge in [0, 0.05) is 29.0 Å². The molecule has 0 aromatic heterocycles. The van der Waals surface area contributed by atoms with Gasteiger partial charge in [0.2, 0.25) is 0 Å². The van der Waals surface area contributed by atoms with E-state index in [1.54, 1.807) is 0 Å². The van der Waals surface area contributed by atoms with Crippen LogP contribution < -0.4 is 0 Å². The van der Waals surface area contributed by atoms with Gasteiger partial charge in [0.05, 0.1) is 13.2 Å². The minimum absolute atomic E-state index is 0.194. The number of rotatable bonds is 7. The Morgan fingerprint density at radius 2 is 1.53 bits per heavy atom. The number of alkyl halides is 5. The Bertz CT molecular complexity index is 272. The van der Waals surface area contributed by atoms with Gasteiger partial charge in [-0.05, 0) is 0 Å². The molecule has 0 aromatic rings. The maximum atomic E-state index is 12.4. The lowest BCUT2D eigenvalue weighted by Gasteiger charge is -2.21. The van der Waals surface area contributed by atoms with Gasteiger partial charge >= 0.3 is 22.1 Å². The minimum Gasteiger partial charge on any atom is -0.467 e. The molecule has 0 fully saturated rings. The molecule has 0 bridgehead atoms. The lowest BCUT2D eigenvalue weighted by atomic mass is 10.5. The van der Waals surface area contributed by atoms with Crippen LogP contribution in [0.3, 0.4) is 0 Å². The molecule has 2 nitrogen and oxygen atoms in total. The highest BCUT2D eigenvalue weighted by Gasteiger charge is 2.55. The van der Waals surface area contributed by atoms with Crippen molar-refractivity contribution in [1.82, 2.24) is 0 Å². The highest BCUT2D eigenvalue weighted by Crippen LogP contribution is 2.40. The van der Waals surface area contributed by atoms with Gasteiger partial charge in [-0.2, -0.15) is 30.7 Å². The van der Waals surface area contributed by atoms with E-state index in [0.717, 1.165) is 0 Å². The fourth-order valence-corrected chi connectivity index (χ4v) is 0.713. The van der Waals surface area contributed by atoms with Gasteiger partial charge in [0.1, 0.15) is 0 Å². The van der Waals surface area contributed by atoms with Crippen LogP contribution in [0.15, 0.2) is 12.1 Å². The maximum Gasteiger partial charge on any atom is 0.429 e. The molecule has 0 aliphatic heterocycles. The van der Waals surface area contributed by atoms with E-state index in [9.17, 15) is 30.7 Å². The second-order valence-electron chi connectivity index (χ2n) is 2.60. The number of ether oxygens (including phenoxy) is 2. The van der Waals surface area contributed by atoms with E-state index in [1.807, 2.05) is 0 Å². The summed E-state index contributed by atoms with van der Waals surface area (Å²) in [4.78, 5) is 0. The summed E-state index contributed by atoms with van der Waals surface area (Å²) in [7, 11) is 0. The van der Waals surface area contributed by atoms with E-state index in [0.29, 0.717) is 0 Å². The Hall–Kier alpha value is -0.260. The molecule has 0 spiro atoms. The summed E-state index contributed by atoms with van der Waals surface area (Å²) in [5, 5.41) is 0. The zero-order chi connectivity index (χ0) is 13.7.